The number of rotatable bonds is 5. The number of benzene rings is 1. The molecule has 1 aromatic rings. The van der Waals surface area contributed by atoms with Crippen LogP contribution in [0.4, 0.5) is 0 Å². The Morgan fingerprint density at radius 3 is 2.60 bits per heavy atom. The molecule has 20 heavy (non-hydrogen) atoms. The second-order valence-corrected chi connectivity index (χ2v) is 6.32. The van der Waals surface area contributed by atoms with Crippen molar-refractivity contribution in [1.82, 2.24) is 5.32 Å². The molecule has 0 radical (unpaired) electrons. The van der Waals surface area contributed by atoms with E-state index in [0.29, 0.717) is 10.0 Å². The first kappa shape index (κ1) is 15.9. The summed E-state index contributed by atoms with van der Waals surface area (Å²) < 4.78 is 0. The minimum atomic E-state index is 0.620. The normalized spacial score (nSPS) is 17.4. The van der Waals surface area contributed by atoms with E-state index >= 15 is 0 Å². The van der Waals surface area contributed by atoms with Gasteiger partial charge in [-0.05, 0) is 43.0 Å². The van der Waals surface area contributed by atoms with Crippen LogP contribution in [-0.4, -0.2) is 13.1 Å². The monoisotopic (exact) mass is 311 g/mol. The standard InChI is InChI=1S/C17H23Cl2N/c1-2-20-12-15(14-6-4-3-5-7-14)10-13-8-9-16(18)17(19)11-13/h8-11,14,20H,2-7,12H2,1H3/b15-10-. The van der Waals surface area contributed by atoms with Gasteiger partial charge in [-0.1, -0.05) is 67.1 Å². The van der Waals surface area contributed by atoms with Crippen LogP contribution >= 0.6 is 23.2 Å². The molecular weight excluding hydrogens is 289 g/mol. The maximum absolute atomic E-state index is 6.11. The summed E-state index contributed by atoms with van der Waals surface area (Å²) in [6.07, 6.45) is 9.03. The van der Waals surface area contributed by atoms with Gasteiger partial charge in [0.25, 0.3) is 0 Å². The van der Waals surface area contributed by atoms with Crippen LogP contribution in [0.5, 0.6) is 0 Å². The van der Waals surface area contributed by atoms with Gasteiger partial charge in [0.15, 0.2) is 0 Å². The fourth-order valence-electron chi connectivity index (χ4n) is 2.87. The Labute approximate surface area is 132 Å². The van der Waals surface area contributed by atoms with Crippen molar-refractivity contribution in [1.29, 1.82) is 0 Å². The SMILES string of the molecule is CCNC/C(=C/c1ccc(Cl)c(Cl)c1)C1CCCCC1. The Morgan fingerprint density at radius 1 is 1.20 bits per heavy atom. The molecule has 0 amide bonds. The lowest BCUT2D eigenvalue weighted by molar-refractivity contribution is 0.397. The average molecular weight is 312 g/mol. The Hall–Kier alpha value is -0.500. The van der Waals surface area contributed by atoms with E-state index in [-0.39, 0.29) is 0 Å². The minimum Gasteiger partial charge on any atom is -0.313 e. The highest BCUT2D eigenvalue weighted by Gasteiger charge is 2.17. The van der Waals surface area contributed by atoms with Crippen LogP contribution in [0.1, 0.15) is 44.6 Å². The van der Waals surface area contributed by atoms with E-state index in [2.05, 4.69) is 18.3 Å². The van der Waals surface area contributed by atoms with Crippen molar-refractivity contribution in [3.8, 4) is 0 Å². The van der Waals surface area contributed by atoms with E-state index in [1.165, 1.54) is 37.7 Å². The summed E-state index contributed by atoms with van der Waals surface area (Å²) in [5, 5.41) is 4.72. The third kappa shape index (κ3) is 4.51. The summed E-state index contributed by atoms with van der Waals surface area (Å²) in [5.41, 5.74) is 2.66. The number of likely N-dealkylation sites (N-methyl/N-ethyl adjacent to an activating group) is 1. The molecule has 0 saturated heterocycles. The van der Waals surface area contributed by atoms with Gasteiger partial charge >= 0.3 is 0 Å². The van der Waals surface area contributed by atoms with Crippen LogP contribution in [0.15, 0.2) is 23.8 Å². The lowest BCUT2D eigenvalue weighted by Gasteiger charge is -2.25. The van der Waals surface area contributed by atoms with E-state index in [4.69, 9.17) is 23.2 Å². The molecule has 1 nitrogen and oxygen atoms in total. The van der Waals surface area contributed by atoms with Crippen LogP contribution < -0.4 is 5.32 Å². The molecule has 1 fully saturated rings. The lowest BCUT2D eigenvalue weighted by atomic mass is 9.83. The van der Waals surface area contributed by atoms with Crippen LogP contribution in [-0.2, 0) is 0 Å². The molecule has 0 aliphatic heterocycles. The Morgan fingerprint density at radius 2 is 1.95 bits per heavy atom. The number of nitrogens with one attached hydrogen (secondary N) is 1. The van der Waals surface area contributed by atoms with Crippen LogP contribution in [0.3, 0.4) is 0 Å². The van der Waals surface area contributed by atoms with Crippen molar-refractivity contribution >= 4 is 29.3 Å². The molecule has 1 N–H and O–H groups in total. The predicted octanol–water partition coefficient (Wildman–Crippen LogP) is 5.57. The number of hydrogen-bond acceptors (Lipinski definition) is 1. The van der Waals surface area contributed by atoms with Gasteiger partial charge < -0.3 is 5.32 Å². The maximum Gasteiger partial charge on any atom is 0.0598 e. The Balaban J connectivity index is 2.19. The molecule has 0 spiro atoms. The van der Waals surface area contributed by atoms with E-state index in [0.717, 1.165) is 24.6 Å². The molecule has 2 rings (SSSR count). The molecule has 0 unspecified atom stereocenters. The van der Waals surface area contributed by atoms with Crippen molar-refractivity contribution in [2.45, 2.75) is 39.0 Å². The molecule has 0 heterocycles. The highest BCUT2D eigenvalue weighted by molar-refractivity contribution is 6.42. The smallest absolute Gasteiger partial charge is 0.0598 e. The average Bonchev–Trinajstić information content (AvgIpc) is 2.48. The molecule has 1 aliphatic carbocycles. The summed E-state index contributed by atoms with van der Waals surface area (Å²) in [7, 11) is 0. The molecule has 0 aromatic heterocycles. The first-order valence-electron chi connectivity index (χ1n) is 7.57. The zero-order valence-electron chi connectivity index (χ0n) is 12.1. The van der Waals surface area contributed by atoms with Crippen molar-refractivity contribution in [3.63, 3.8) is 0 Å². The van der Waals surface area contributed by atoms with Crippen molar-refractivity contribution in [2.75, 3.05) is 13.1 Å². The van der Waals surface area contributed by atoms with Gasteiger partial charge in [0.05, 0.1) is 10.0 Å². The van der Waals surface area contributed by atoms with Gasteiger partial charge in [0, 0.05) is 6.54 Å². The van der Waals surface area contributed by atoms with Crippen LogP contribution in [0, 0.1) is 5.92 Å². The highest BCUT2D eigenvalue weighted by Crippen LogP contribution is 2.31. The summed E-state index contributed by atoms with van der Waals surface area (Å²) in [4.78, 5) is 0. The quantitative estimate of drug-likeness (QED) is 0.750. The van der Waals surface area contributed by atoms with Gasteiger partial charge in [-0.3, -0.25) is 0 Å². The zero-order valence-corrected chi connectivity index (χ0v) is 13.6. The van der Waals surface area contributed by atoms with E-state index in [1.54, 1.807) is 0 Å². The molecule has 1 aromatic carbocycles. The third-order valence-corrected chi connectivity index (χ3v) is 4.74. The first-order valence-corrected chi connectivity index (χ1v) is 8.32. The topological polar surface area (TPSA) is 12.0 Å². The van der Waals surface area contributed by atoms with Gasteiger partial charge in [0.2, 0.25) is 0 Å². The highest BCUT2D eigenvalue weighted by atomic mass is 35.5. The summed E-state index contributed by atoms with van der Waals surface area (Å²) in [6, 6.07) is 5.88. The molecule has 3 heteroatoms. The van der Waals surface area contributed by atoms with E-state index in [1.807, 2.05) is 18.2 Å². The number of hydrogen-bond donors (Lipinski definition) is 1. The van der Waals surface area contributed by atoms with Gasteiger partial charge in [-0.2, -0.15) is 0 Å². The van der Waals surface area contributed by atoms with Gasteiger partial charge in [0.1, 0.15) is 0 Å². The van der Waals surface area contributed by atoms with E-state index in [9.17, 15) is 0 Å². The fraction of sp³-hybridized carbons (Fsp3) is 0.529. The summed E-state index contributed by atoms with van der Waals surface area (Å²) in [5.74, 6) is 0.720. The second-order valence-electron chi connectivity index (χ2n) is 5.51. The van der Waals surface area contributed by atoms with Crippen LogP contribution in [0.25, 0.3) is 6.08 Å². The summed E-state index contributed by atoms with van der Waals surface area (Å²) in [6.45, 7) is 4.13. The first-order chi connectivity index (χ1) is 9.70. The minimum absolute atomic E-state index is 0.620. The third-order valence-electron chi connectivity index (χ3n) is 4.00. The molecule has 0 bridgehead atoms. The Kier molecular flexibility index (Phi) is 6.41. The molecule has 0 atom stereocenters. The molecule has 110 valence electrons. The molecule has 1 aliphatic rings. The summed E-state index contributed by atoms with van der Waals surface area (Å²) >= 11 is 12.1. The predicted molar refractivity (Wildman–Crippen MR) is 89.6 cm³/mol. The lowest BCUT2D eigenvalue weighted by Crippen LogP contribution is -2.22. The van der Waals surface area contributed by atoms with E-state index < -0.39 is 0 Å². The molecular formula is C17H23Cl2N. The molecule has 1 saturated carbocycles. The fourth-order valence-corrected chi connectivity index (χ4v) is 3.18. The maximum atomic E-state index is 6.11. The van der Waals surface area contributed by atoms with Crippen molar-refractivity contribution in [2.24, 2.45) is 5.92 Å². The van der Waals surface area contributed by atoms with Crippen LogP contribution in [0.2, 0.25) is 10.0 Å². The Bertz CT molecular complexity index is 462. The largest absolute Gasteiger partial charge is 0.313 e. The van der Waals surface area contributed by atoms with Gasteiger partial charge in [-0.25, -0.2) is 0 Å². The zero-order chi connectivity index (χ0) is 14.4. The van der Waals surface area contributed by atoms with Crippen molar-refractivity contribution in [3.05, 3.63) is 39.4 Å². The second kappa shape index (κ2) is 8.07. The van der Waals surface area contributed by atoms with Crippen molar-refractivity contribution < 1.29 is 0 Å². The number of halogens is 2. The van der Waals surface area contributed by atoms with Gasteiger partial charge in [-0.15, -0.1) is 0 Å².